The number of likely N-dealkylation sites (N-methyl/N-ethyl adjacent to an activating group) is 1. The largest absolute Gasteiger partial charge is 0.481 e. The molecule has 0 spiro atoms. The monoisotopic (exact) mass is 390 g/mol. The molecule has 0 bridgehead atoms. The second-order valence-electron chi connectivity index (χ2n) is 8.75. The van der Waals surface area contributed by atoms with Crippen LogP contribution < -0.4 is 4.74 Å². The Kier molecular flexibility index (Phi) is 7.47. The maximum absolute atomic E-state index is 12.8. The molecule has 6 heteroatoms. The summed E-state index contributed by atoms with van der Waals surface area (Å²) in [7, 11) is 1.84. The molecule has 2 unspecified atom stereocenters. The van der Waals surface area contributed by atoms with Crippen molar-refractivity contribution >= 4 is 11.9 Å². The summed E-state index contributed by atoms with van der Waals surface area (Å²) in [4.78, 5) is 27.5. The van der Waals surface area contributed by atoms with Crippen molar-refractivity contribution in [2.24, 2.45) is 0 Å². The highest BCUT2D eigenvalue weighted by atomic mass is 16.5. The van der Waals surface area contributed by atoms with E-state index in [2.05, 4.69) is 20.8 Å². The van der Waals surface area contributed by atoms with Crippen LogP contribution in [0, 0.1) is 0 Å². The number of nitrogens with zero attached hydrogens (tertiary/aromatic N) is 2. The van der Waals surface area contributed by atoms with Crippen LogP contribution in [0.5, 0.6) is 5.75 Å². The van der Waals surface area contributed by atoms with Crippen LogP contribution in [0.3, 0.4) is 0 Å². The van der Waals surface area contributed by atoms with E-state index < -0.39 is 12.1 Å². The van der Waals surface area contributed by atoms with Crippen LogP contribution in [0.4, 0.5) is 0 Å². The van der Waals surface area contributed by atoms with Gasteiger partial charge in [0.2, 0.25) is 0 Å². The summed E-state index contributed by atoms with van der Waals surface area (Å²) in [5.74, 6) is -0.136. The number of carboxylic acid groups (broad SMARTS) is 1. The smallest absolute Gasteiger partial charge is 0.317 e. The van der Waals surface area contributed by atoms with Gasteiger partial charge in [-0.3, -0.25) is 14.5 Å². The van der Waals surface area contributed by atoms with Gasteiger partial charge in [0.05, 0.1) is 6.54 Å². The standard InChI is InChI=1S/C22H34N2O4/c1-16(28-19-10-8-17(9-11-19)22(2,3)4)21(27)24-13-6-7-18(12-14-24)23(5)15-20(25)26/h8-11,16,18H,6-7,12-15H2,1-5H3,(H,25,26). The van der Waals surface area contributed by atoms with Gasteiger partial charge in [0.15, 0.2) is 6.10 Å². The molecule has 0 radical (unpaired) electrons. The Hall–Kier alpha value is -2.08. The lowest BCUT2D eigenvalue weighted by Crippen LogP contribution is -2.42. The first-order valence-corrected chi connectivity index (χ1v) is 10.1. The molecule has 1 aromatic rings. The predicted octanol–water partition coefficient (Wildman–Crippen LogP) is 3.15. The van der Waals surface area contributed by atoms with E-state index in [1.165, 1.54) is 5.56 Å². The fraction of sp³-hybridized carbons (Fsp3) is 0.636. The van der Waals surface area contributed by atoms with Crippen LogP contribution in [-0.2, 0) is 15.0 Å². The number of carbonyl (C=O) groups excluding carboxylic acids is 1. The molecular weight excluding hydrogens is 356 g/mol. The molecule has 0 aromatic heterocycles. The maximum Gasteiger partial charge on any atom is 0.317 e. The normalized spacial score (nSPS) is 19.2. The van der Waals surface area contributed by atoms with Gasteiger partial charge < -0.3 is 14.7 Å². The number of hydrogen-bond donors (Lipinski definition) is 1. The molecule has 1 N–H and O–H groups in total. The maximum atomic E-state index is 12.8. The van der Waals surface area contributed by atoms with Gasteiger partial charge in [-0.2, -0.15) is 0 Å². The van der Waals surface area contributed by atoms with Crippen molar-refractivity contribution < 1.29 is 19.4 Å². The second-order valence-corrected chi connectivity index (χ2v) is 8.75. The summed E-state index contributed by atoms with van der Waals surface area (Å²) in [5.41, 5.74) is 1.30. The first-order chi connectivity index (χ1) is 13.1. The molecule has 1 aliphatic rings. The molecule has 1 aliphatic heterocycles. The Bertz CT molecular complexity index is 666. The topological polar surface area (TPSA) is 70.1 Å². The SMILES string of the molecule is CC(Oc1ccc(C(C)(C)C)cc1)C(=O)N1CCCC(N(C)CC(=O)O)CC1. The van der Waals surface area contributed by atoms with Crippen molar-refractivity contribution in [3.63, 3.8) is 0 Å². The predicted molar refractivity (Wildman–Crippen MR) is 110 cm³/mol. The van der Waals surface area contributed by atoms with Gasteiger partial charge in [0.1, 0.15) is 5.75 Å². The van der Waals surface area contributed by atoms with E-state index in [0.717, 1.165) is 19.3 Å². The summed E-state index contributed by atoms with van der Waals surface area (Å²) >= 11 is 0. The molecular formula is C22H34N2O4. The van der Waals surface area contributed by atoms with E-state index in [0.29, 0.717) is 18.8 Å². The first-order valence-electron chi connectivity index (χ1n) is 10.1. The molecule has 0 aliphatic carbocycles. The van der Waals surface area contributed by atoms with E-state index >= 15 is 0 Å². The van der Waals surface area contributed by atoms with Crippen molar-refractivity contribution in [3.8, 4) is 5.75 Å². The highest BCUT2D eigenvalue weighted by molar-refractivity contribution is 5.81. The Morgan fingerprint density at radius 3 is 2.43 bits per heavy atom. The van der Waals surface area contributed by atoms with Gasteiger partial charge in [-0.15, -0.1) is 0 Å². The number of hydrogen-bond acceptors (Lipinski definition) is 4. The Morgan fingerprint density at radius 1 is 1.21 bits per heavy atom. The Balaban J connectivity index is 1.91. The third-order valence-corrected chi connectivity index (χ3v) is 5.40. The molecule has 1 aromatic carbocycles. The van der Waals surface area contributed by atoms with E-state index in [4.69, 9.17) is 9.84 Å². The molecule has 1 saturated heterocycles. The lowest BCUT2D eigenvalue weighted by atomic mass is 9.87. The molecule has 1 fully saturated rings. The minimum atomic E-state index is -0.820. The minimum Gasteiger partial charge on any atom is -0.481 e. The number of carboxylic acids is 1. The van der Waals surface area contributed by atoms with E-state index in [9.17, 15) is 9.59 Å². The number of likely N-dealkylation sites (tertiary alicyclic amines) is 1. The summed E-state index contributed by atoms with van der Waals surface area (Å²) in [5, 5.41) is 8.98. The molecule has 2 atom stereocenters. The zero-order chi connectivity index (χ0) is 20.9. The molecule has 28 heavy (non-hydrogen) atoms. The average molecular weight is 391 g/mol. The van der Waals surface area contributed by atoms with Crippen molar-refractivity contribution in [3.05, 3.63) is 29.8 Å². The van der Waals surface area contributed by atoms with Crippen LogP contribution in [0.2, 0.25) is 0 Å². The minimum absolute atomic E-state index is 0.0126. The Morgan fingerprint density at radius 2 is 1.86 bits per heavy atom. The number of amides is 1. The number of carbonyl (C=O) groups is 2. The van der Waals surface area contributed by atoms with Gasteiger partial charge in [-0.05, 0) is 56.3 Å². The number of rotatable bonds is 6. The van der Waals surface area contributed by atoms with Crippen molar-refractivity contribution in [1.82, 2.24) is 9.80 Å². The lowest BCUT2D eigenvalue weighted by molar-refractivity contribution is -0.139. The average Bonchev–Trinajstić information content (AvgIpc) is 2.86. The van der Waals surface area contributed by atoms with Crippen LogP contribution in [-0.4, -0.2) is 65.6 Å². The number of ether oxygens (including phenoxy) is 1. The van der Waals surface area contributed by atoms with Gasteiger partial charge in [0, 0.05) is 19.1 Å². The zero-order valence-electron chi connectivity index (χ0n) is 17.8. The number of aliphatic carboxylic acids is 1. The Labute approximate surface area is 168 Å². The van der Waals surface area contributed by atoms with E-state index in [1.54, 1.807) is 6.92 Å². The van der Waals surface area contributed by atoms with Crippen LogP contribution in [0.15, 0.2) is 24.3 Å². The first kappa shape index (κ1) is 22.2. The molecule has 1 heterocycles. The highest BCUT2D eigenvalue weighted by Crippen LogP contribution is 2.25. The molecule has 156 valence electrons. The lowest BCUT2D eigenvalue weighted by Gasteiger charge is -2.27. The second kappa shape index (κ2) is 9.41. The highest BCUT2D eigenvalue weighted by Gasteiger charge is 2.27. The van der Waals surface area contributed by atoms with Crippen molar-refractivity contribution in [2.75, 3.05) is 26.7 Å². The fourth-order valence-corrected chi connectivity index (χ4v) is 3.63. The summed E-state index contributed by atoms with van der Waals surface area (Å²) in [6, 6.07) is 8.12. The van der Waals surface area contributed by atoms with E-state index in [-0.39, 0.29) is 23.9 Å². The van der Waals surface area contributed by atoms with Crippen LogP contribution >= 0.6 is 0 Å². The van der Waals surface area contributed by atoms with Gasteiger partial charge >= 0.3 is 5.97 Å². The molecule has 0 saturated carbocycles. The molecule has 1 amide bonds. The van der Waals surface area contributed by atoms with Crippen LogP contribution in [0.25, 0.3) is 0 Å². The summed E-state index contributed by atoms with van der Waals surface area (Å²) in [6.07, 6.45) is 2.00. The quantitative estimate of drug-likeness (QED) is 0.808. The van der Waals surface area contributed by atoms with Gasteiger partial charge in [-0.1, -0.05) is 32.9 Å². The third-order valence-electron chi connectivity index (χ3n) is 5.40. The summed E-state index contributed by atoms with van der Waals surface area (Å²) < 4.78 is 5.89. The number of benzene rings is 1. The van der Waals surface area contributed by atoms with Gasteiger partial charge in [0.25, 0.3) is 5.91 Å². The zero-order valence-corrected chi connectivity index (χ0v) is 17.8. The van der Waals surface area contributed by atoms with Gasteiger partial charge in [-0.25, -0.2) is 0 Å². The van der Waals surface area contributed by atoms with Crippen molar-refractivity contribution in [1.29, 1.82) is 0 Å². The van der Waals surface area contributed by atoms with Crippen LogP contribution in [0.1, 0.15) is 52.5 Å². The van der Waals surface area contributed by atoms with E-state index in [1.807, 2.05) is 41.1 Å². The molecule has 6 nitrogen and oxygen atoms in total. The fourth-order valence-electron chi connectivity index (χ4n) is 3.63. The third kappa shape index (κ3) is 6.23. The molecule has 2 rings (SSSR count). The van der Waals surface area contributed by atoms with Crippen molar-refractivity contribution in [2.45, 2.75) is 64.5 Å². The summed E-state index contributed by atoms with van der Waals surface area (Å²) in [6.45, 7) is 9.62.